The third kappa shape index (κ3) is 5.21. The minimum absolute atomic E-state index is 0.572. The van der Waals surface area contributed by atoms with Gasteiger partial charge in [-0.1, -0.05) is 30.3 Å². The van der Waals surface area contributed by atoms with Gasteiger partial charge in [0.25, 0.3) is 5.19 Å². The van der Waals surface area contributed by atoms with E-state index in [2.05, 4.69) is 39.4 Å². The highest BCUT2D eigenvalue weighted by Gasteiger charge is 2.11. The Balaban J connectivity index is 1.44. The number of aryl methyl sites for hydroxylation is 2. The number of piperidine rings is 1. The monoisotopic (exact) mass is 406 g/mol. The molecule has 150 valence electrons. The third-order valence-electron chi connectivity index (χ3n) is 5.10. The van der Waals surface area contributed by atoms with Gasteiger partial charge in [0.15, 0.2) is 5.82 Å². The lowest BCUT2D eigenvalue weighted by Crippen LogP contribution is -2.28. The zero-order valence-corrected chi connectivity index (χ0v) is 17.8. The van der Waals surface area contributed by atoms with E-state index in [1.165, 1.54) is 36.4 Å². The van der Waals surface area contributed by atoms with Gasteiger partial charge in [-0.2, -0.15) is 9.36 Å². The lowest BCUT2D eigenvalue weighted by molar-refractivity contribution is 0.351. The summed E-state index contributed by atoms with van der Waals surface area (Å²) in [6, 6.07) is 14.4. The van der Waals surface area contributed by atoms with Crippen molar-refractivity contribution in [1.29, 1.82) is 0 Å². The van der Waals surface area contributed by atoms with Gasteiger partial charge in [0, 0.05) is 31.0 Å². The summed E-state index contributed by atoms with van der Waals surface area (Å²) in [5, 5.41) is 0.572. The van der Waals surface area contributed by atoms with E-state index < -0.39 is 0 Å². The molecule has 2 aromatic carbocycles. The molecule has 0 spiro atoms. The highest BCUT2D eigenvalue weighted by molar-refractivity contribution is 7.07. The van der Waals surface area contributed by atoms with Crippen LogP contribution in [0.25, 0.3) is 0 Å². The molecule has 29 heavy (non-hydrogen) atoms. The highest BCUT2D eigenvalue weighted by atomic mass is 32.1. The number of hydrogen-bond acceptors (Lipinski definition) is 5. The number of nitrogens with zero attached hydrogens (tertiary/aromatic N) is 4. The van der Waals surface area contributed by atoms with Crippen molar-refractivity contribution in [1.82, 2.24) is 14.3 Å². The average Bonchev–Trinajstić information content (AvgIpc) is 3.18. The van der Waals surface area contributed by atoms with Gasteiger partial charge in [-0.05, 0) is 61.9 Å². The second-order valence-corrected chi connectivity index (χ2v) is 8.20. The number of benzene rings is 2. The molecule has 2 heterocycles. The molecule has 4 rings (SSSR count). The fraction of sp³-hybridized carbons (Fsp3) is 0.348. The predicted octanol–water partition coefficient (Wildman–Crippen LogP) is 5.68. The van der Waals surface area contributed by atoms with Crippen LogP contribution in [0, 0.1) is 13.8 Å². The van der Waals surface area contributed by atoms with E-state index >= 15 is 0 Å². The summed E-state index contributed by atoms with van der Waals surface area (Å²) in [5.41, 5.74) is 4.32. The van der Waals surface area contributed by atoms with Crippen LogP contribution >= 0.6 is 11.5 Å². The maximum absolute atomic E-state index is 6.04. The zero-order valence-electron chi connectivity index (χ0n) is 17.0. The molecular weight excluding hydrogens is 380 g/mol. The molecule has 5 nitrogen and oxygen atoms in total. The standard InChI is InChI=1S/C23H26N4OS/c1-17-14-21(18(2)13-20(17)24-16-27-11-7-4-8-12-27)28-23-25-22(26-29-23)15-19-9-5-3-6-10-19/h3,5-6,9-10,13-14,16H,4,7-8,11-12,15H2,1-2H3/b24-16-. The lowest BCUT2D eigenvalue weighted by atomic mass is 10.1. The van der Waals surface area contributed by atoms with Crippen LogP contribution in [-0.2, 0) is 6.42 Å². The Morgan fingerprint density at radius 2 is 1.86 bits per heavy atom. The summed E-state index contributed by atoms with van der Waals surface area (Å²) in [4.78, 5) is 11.6. The highest BCUT2D eigenvalue weighted by Crippen LogP contribution is 2.32. The van der Waals surface area contributed by atoms with E-state index in [4.69, 9.17) is 9.73 Å². The first kappa shape index (κ1) is 19.6. The summed E-state index contributed by atoms with van der Waals surface area (Å²) in [6.45, 7) is 6.31. The molecular formula is C23H26N4OS. The Bertz CT molecular complexity index is 978. The quantitative estimate of drug-likeness (QED) is 0.390. The Morgan fingerprint density at radius 1 is 1.07 bits per heavy atom. The number of aromatic nitrogens is 2. The summed E-state index contributed by atoms with van der Waals surface area (Å²) < 4.78 is 10.5. The van der Waals surface area contributed by atoms with Crippen molar-refractivity contribution in [2.75, 3.05) is 13.1 Å². The van der Waals surface area contributed by atoms with E-state index in [0.717, 1.165) is 41.5 Å². The lowest BCUT2D eigenvalue weighted by Gasteiger charge is -2.23. The first-order valence-electron chi connectivity index (χ1n) is 10.1. The van der Waals surface area contributed by atoms with Gasteiger partial charge >= 0.3 is 0 Å². The Labute approximate surface area is 176 Å². The zero-order chi connectivity index (χ0) is 20.1. The first-order valence-corrected chi connectivity index (χ1v) is 10.9. The molecule has 0 aliphatic carbocycles. The van der Waals surface area contributed by atoms with Gasteiger partial charge < -0.3 is 9.64 Å². The molecule has 0 N–H and O–H groups in total. The van der Waals surface area contributed by atoms with E-state index in [1.807, 2.05) is 37.5 Å². The van der Waals surface area contributed by atoms with E-state index in [9.17, 15) is 0 Å². The predicted molar refractivity (Wildman–Crippen MR) is 119 cm³/mol. The Kier molecular flexibility index (Phi) is 6.20. The maximum Gasteiger partial charge on any atom is 0.298 e. The smallest absolute Gasteiger partial charge is 0.298 e. The minimum atomic E-state index is 0.572. The average molecular weight is 407 g/mol. The molecule has 0 bridgehead atoms. The Hall–Kier alpha value is -2.73. The largest absolute Gasteiger partial charge is 0.430 e. The number of likely N-dealkylation sites (tertiary alicyclic amines) is 1. The molecule has 6 heteroatoms. The molecule has 1 aliphatic heterocycles. The topological polar surface area (TPSA) is 50.6 Å². The summed E-state index contributed by atoms with van der Waals surface area (Å²) in [7, 11) is 0. The van der Waals surface area contributed by atoms with Crippen LogP contribution in [0.15, 0.2) is 47.5 Å². The number of aliphatic imine (C=N–C) groups is 1. The summed E-state index contributed by atoms with van der Waals surface area (Å²) in [6.07, 6.45) is 6.54. The van der Waals surface area contributed by atoms with Crippen molar-refractivity contribution in [2.45, 2.75) is 39.5 Å². The molecule has 3 aromatic rings. The van der Waals surface area contributed by atoms with Gasteiger partial charge in [0.05, 0.1) is 12.0 Å². The van der Waals surface area contributed by atoms with E-state index in [0.29, 0.717) is 11.6 Å². The van der Waals surface area contributed by atoms with Gasteiger partial charge in [-0.3, -0.25) is 0 Å². The molecule has 1 aromatic heterocycles. The molecule has 0 unspecified atom stereocenters. The summed E-state index contributed by atoms with van der Waals surface area (Å²) in [5.74, 6) is 1.59. The maximum atomic E-state index is 6.04. The number of rotatable bonds is 6. The van der Waals surface area contributed by atoms with Crippen molar-refractivity contribution in [3.63, 3.8) is 0 Å². The molecule has 0 atom stereocenters. The minimum Gasteiger partial charge on any atom is -0.430 e. The molecule has 0 amide bonds. The van der Waals surface area contributed by atoms with Crippen LogP contribution < -0.4 is 4.74 Å². The van der Waals surface area contributed by atoms with Gasteiger partial charge in [0.2, 0.25) is 0 Å². The van der Waals surface area contributed by atoms with Gasteiger partial charge in [-0.25, -0.2) is 4.99 Å². The van der Waals surface area contributed by atoms with Crippen LogP contribution in [0.1, 0.15) is 41.8 Å². The molecule has 1 fully saturated rings. The van der Waals surface area contributed by atoms with Crippen molar-refractivity contribution in [3.8, 4) is 10.9 Å². The van der Waals surface area contributed by atoms with Crippen molar-refractivity contribution < 1.29 is 4.74 Å². The fourth-order valence-electron chi connectivity index (χ4n) is 3.42. The number of hydrogen-bond donors (Lipinski definition) is 0. The van der Waals surface area contributed by atoms with Crippen LogP contribution in [-0.4, -0.2) is 33.7 Å². The molecule has 1 saturated heterocycles. The van der Waals surface area contributed by atoms with Crippen LogP contribution in [0.3, 0.4) is 0 Å². The van der Waals surface area contributed by atoms with Gasteiger partial charge in [-0.15, -0.1) is 0 Å². The van der Waals surface area contributed by atoms with E-state index in [1.54, 1.807) is 0 Å². The Morgan fingerprint density at radius 3 is 2.66 bits per heavy atom. The third-order valence-corrected chi connectivity index (χ3v) is 5.73. The fourth-order valence-corrected chi connectivity index (χ4v) is 3.99. The molecule has 1 aliphatic rings. The van der Waals surface area contributed by atoms with Crippen LogP contribution in [0.5, 0.6) is 10.9 Å². The van der Waals surface area contributed by atoms with E-state index in [-0.39, 0.29) is 0 Å². The molecule has 0 saturated carbocycles. The van der Waals surface area contributed by atoms with Crippen LogP contribution in [0.4, 0.5) is 5.69 Å². The van der Waals surface area contributed by atoms with Crippen molar-refractivity contribution in [2.24, 2.45) is 4.99 Å². The second kappa shape index (κ2) is 9.18. The summed E-state index contributed by atoms with van der Waals surface area (Å²) >= 11 is 1.29. The normalized spacial score (nSPS) is 14.5. The van der Waals surface area contributed by atoms with Gasteiger partial charge in [0.1, 0.15) is 5.75 Å². The second-order valence-electron chi connectivity index (χ2n) is 7.49. The number of ether oxygens (including phenoxy) is 1. The van der Waals surface area contributed by atoms with Crippen molar-refractivity contribution in [3.05, 3.63) is 65.0 Å². The molecule has 0 radical (unpaired) electrons. The first-order chi connectivity index (χ1) is 14.2. The van der Waals surface area contributed by atoms with Crippen molar-refractivity contribution >= 4 is 23.6 Å². The van der Waals surface area contributed by atoms with Crippen LogP contribution in [0.2, 0.25) is 0 Å². The SMILES string of the molecule is Cc1cc(Oc2nc(Cc3ccccc3)ns2)c(C)cc1/N=C\N1CCCCC1.